The van der Waals surface area contributed by atoms with Gasteiger partial charge in [-0.2, -0.15) is 11.3 Å². The van der Waals surface area contributed by atoms with Crippen molar-refractivity contribution in [3.63, 3.8) is 0 Å². The Kier molecular flexibility index (Phi) is 7.14. The monoisotopic (exact) mass is 369 g/mol. The van der Waals surface area contributed by atoms with Crippen LogP contribution in [0.25, 0.3) is 0 Å². The Morgan fingerprint density at radius 2 is 2.25 bits per heavy atom. The molecular formula is C16H20BrNS2. The maximum atomic E-state index is 3.66. The number of thioether (sulfide) groups is 1. The van der Waals surface area contributed by atoms with E-state index >= 15 is 0 Å². The van der Waals surface area contributed by atoms with E-state index in [1.807, 2.05) is 11.8 Å². The van der Waals surface area contributed by atoms with Crippen LogP contribution in [-0.4, -0.2) is 18.3 Å². The van der Waals surface area contributed by atoms with Gasteiger partial charge in [-0.3, -0.25) is 0 Å². The second kappa shape index (κ2) is 8.88. The van der Waals surface area contributed by atoms with Gasteiger partial charge in [0.2, 0.25) is 0 Å². The van der Waals surface area contributed by atoms with Crippen LogP contribution in [0.15, 0.2) is 50.5 Å². The molecule has 1 atom stereocenters. The molecule has 0 radical (unpaired) electrons. The van der Waals surface area contributed by atoms with Crippen molar-refractivity contribution in [2.75, 3.05) is 12.3 Å². The Balaban J connectivity index is 1.89. The molecule has 0 saturated carbocycles. The van der Waals surface area contributed by atoms with Crippen molar-refractivity contribution < 1.29 is 0 Å². The minimum absolute atomic E-state index is 0.536. The van der Waals surface area contributed by atoms with Gasteiger partial charge in [0.25, 0.3) is 0 Å². The molecule has 1 unspecified atom stereocenters. The number of halogens is 1. The van der Waals surface area contributed by atoms with E-state index in [1.165, 1.54) is 16.9 Å². The Hall–Kier alpha value is -0.290. The molecular weight excluding hydrogens is 350 g/mol. The topological polar surface area (TPSA) is 12.0 Å². The molecule has 2 rings (SSSR count). The number of hydrogen-bond acceptors (Lipinski definition) is 3. The lowest BCUT2D eigenvalue weighted by Gasteiger charge is -2.17. The molecule has 0 fully saturated rings. The number of rotatable bonds is 8. The van der Waals surface area contributed by atoms with Crippen molar-refractivity contribution in [1.29, 1.82) is 0 Å². The second-order valence-corrected chi connectivity index (χ2v) is 7.54. The zero-order valence-electron chi connectivity index (χ0n) is 11.6. The summed E-state index contributed by atoms with van der Waals surface area (Å²) < 4.78 is 1.15. The number of nitrogens with one attached hydrogen (secondary N) is 1. The van der Waals surface area contributed by atoms with E-state index in [2.05, 4.69) is 69.3 Å². The minimum atomic E-state index is 0.536. The predicted octanol–water partition coefficient (Wildman–Crippen LogP) is 5.21. The Bertz CT molecular complexity index is 499. The molecule has 0 spiro atoms. The van der Waals surface area contributed by atoms with Crippen LogP contribution in [-0.2, 0) is 6.42 Å². The van der Waals surface area contributed by atoms with Gasteiger partial charge in [0.05, 0.1) is 0 Å². The summed E-state index contributed by atoms with van der Waals surface area (Å²) in [6.45, 7) is 3.31. The van der Waals surface area contributed by atoms with Crippen molar-refractivity contribution in [3.05, 3.63) is 51.1 Å². The fourth-order valence-electron chi connectivity index (χ4n) is 1.99. The molecule has 0 aliphatic heterocycles. The van der Waals surface area contributed by atoms with E-state index in [1.54, 1.807) is 11.3 Å². The Morgan fingerprint density at radius 3 is 2.95 bits per heavy atom. The lowest BCUT2D eigenvalue weighted by Crippen LogP contribution is -2.33. The van der Waals surface area contributed by atoms with Gasteiger partial charge in [0.1, 0.15) is 0 Å². The first kappa shape index (κ1) is 16.1. The van der Waals surface area contributed by atoms with Gasteiger partial charge in [0.15, 0.2) is 0 Å². The van der Waals surface area contributed by atoms with Crippen molar-refractivity contribution in [3.8, 4) is 0 Å². The van der Waals surface area contributed by atoms with Crippen molar-refractivity contribution >= 4 is 39.0 Å². The quantitative estimate of drug-likeness (QED) is 0.640. The molecule has 0 saturated heterocycles. The molecule has 1 aromatic heterocycles. The Labute approximate surface area is 138 Å². The summed E-state index contributed by atoms with van der Waals surface area (Å²) in [7, 11) is 0. The third-order valence-corrected chi connectivity index (χ3v) is 5.37. The lowest BCUT2D eigenvalue weighted by molar-refractivity contribution is 0.551. The average molecular weight is 370 g/mol. The summed E-state index contributed by atoms with van der Waals surface area (Å²) in [6, 6.07) is 11.3. The first-order chi connectivity index (χ1) is 9.78. The summed E-state index contributed by atoms with van der Waals surface area (Å²) in [4.78, 5) is 1.33. The van der Waals surface area contributed by atoms with Crippen molar-refractivity contribution in [2.45, 2.75) is 30.7 Å². The van der Waals surface area contributed by atoms with Gasteiger partial charge in [0, 0.05) is 21.2 Å². The molecule has 0 aliphatic carbocycles. The summed E-state index contributed by atoms with van der Waals surface area (Å²) in [5.41, 5.74) is 1.44. The maximum absolute atomic E-state index is 3.66. The van der Waals surface area contributed by atoms with Crippen LogP contribution >= 0.6 is 39.0 Å². The minimum Gasteiger partial charge on any atom is -0.313 e. The summed E-state index contributed by atoms with van der Waals surface area (Å²) >= 11 is 7.24. The molecule has 20 heavy (non-hydrogen) atoms. The summed E-state index contributed by atoms with van der Waals surface area (Å²) in [5.74, 6) is 1.10. The summed E-state index contributed by atoms with van der Waals surface area (Å²) in [5, 5.41) is 8.08. The lowest BCUT2D eigenvalue weighted by atomic mass is 10.1. The largest absolute Gasteiger partial charge is 0.313 e. The van der Waals surface area contributed by atoms with E-state index in [9.17, 15) is 0 Å². The van der Waals surface area contributed by atoms with Crippen molar-refractivity contribution in [1.82, 2.24) is 5.32 Å². The van der Waals surface area contributed by atoms with Crippen LogP contribution in [0.2, 0.25) is 0 Å². The highest BCUT2D eigenvalue weighted by Gasteiger charge is 2.10. The van der Waals surface area contributed by atoms with Crippen LogP contribution in [0.3, 0.4) is 0 Å². The highest BCUT2D eigenvalue weighted by atomic mass is 79.9. The van der Waals surface area contributed by atoms with Crippen LogP contribution < -0.4 is 5.32 Å². The normalized spacial score (nSPS) is 12.5. The van der Waals surface area contributed by atoms with Gasteiger partial charge in [-0.05, 0) is 60.0 Å². The van der Waals surface area contributed by atoms with Gasteiger partial charge in [-0.15, -0.1) is 11.8 Å². The predicted molar refractivity (Wildman–Crippen MR) is 95.0 cm³/mol. The van der Waals surface area contributed by atoms with Crippen LogP contribution in [0.4, 0.5) is 0 Å². The van der Waals surface area contributed by atoms with Gasteiger partial charge >= 0.3 is 0 Å². The molecule has 1 nitrogen and oxygen atoms in total. The number of benzene rings is 1. The van der Waals surface area contributed by atoms with Crippen molar-refractivity contribution in [2.24, 2.45) is 0 Å². The highest BCUT2D eigenvalue weighted by Crippen LogP contribution is 2.23. The Morgan fingerprint density at radius 1 is 1.35 bits per heavy atom. The van der Waals surface area contributed by atoms with E-state index < -0.39 is 0 Å². The molecule has 0 amide bonds. The van der Waals surface area contributed by atoms with E-state index in [0.717, 1.165) is 23.2 Å². The molecule has 4 heteroatoms. The molecule has 0 aliphatic rings. The van der Waals surface area contributed by atoms with Gasteiger partial charge in [-0.1, -0.05) is 28.9 Å². The third kappa shape index (κ3) is 5.60. The van der Waals surface area contributed by atoms with Gasteiger partial charge < -0.3 is 5.32 Å². The maximum Gasteiger partial charge on any atom is 0.0202 e. The molecule has 1 N–H and O–H groups in total. The van der Waals surface area contributed by atoms with E-state index in [0.29, 0.717) is 6.04 Å². The summed E-state index contributed by atoms with van der Waals surface area (Å²) in [6.07, 6.45) is 2.30. The highest BCUT2D eigenvalue weighted by molar-refractivity contribution is 9.10. The zero-order chi connectivity index (χ0) is 14.2. The average Bonchev–Trinajstić information content (AvgIpc) is 2.95. The standard InChI is InChI=1S/C16H20BrNS2/c1-2-7-18-15(9-13-6-8-19-11-13)12-20-16-5-3-4-14(17)10-16/h3-6,8,10-11,15,18H,2,7,9,12H2,1H3. The fraction of sp³-hybridized carbons (Fsp3) is 0.375. The zero-order valence-corrected chi connectivity index (χ0v) is 14.9. The smallest absolute Gasteiger partial charge is 0.0202 e. The molecule has 1 aromatic carbocycles. The molecule has 108 valence electrons. The van der Waals surface area contributed by atoms with E-state index in [-0.39, 0.29) is 0 Å². The van der Waals surface area contributed by atoms with Crippen LogP contribution in [0, 0.1) is 0 Å². The molecule has 2 aromatic rings. The SMILES string of the molecule is CCCNC(CSc1cccc(Br)c1)Cc1ccsc1. The second-order valence-electron chi connectivity index (χ2n) is 4.76. The first-order valence-corrected chi connectivity index (χ1v) is 9.63. The van der Waals surface area contributed by atoms with E-state index in [4.69, 9.17) is 0 Å². The number of hydrogen-bond donors (Lipinski definition) is 1. The van der Waals surface area contributed by atoms with Crippen LogP contribution in [0.1, 0.15) is 18.9 Å². The first-order valence-electron chi connectivity index (χ1n) is 6.90. The number of thiophene rings is 1. The molecule has 1 heterocycles. The fourth-order valence-corrected chi connectivity index (χ4v) is 4.23. The van der Waals surface area contributed by atoms with Crippen LogP contribution in [0.5, 0.6) is 0 Å². The molecule has 0 bridgehead atoms. The third-order valence-electron chi connectivity index (χ3n) is 2.99. The van der Waals surface area contributed by atoms with Gasteiger partial charge in [-0.25, -0.2) is 0 Å².